The summed E-state index contributed by atoms with van der Waals surface area (Å²) in [5.41, 5.74) is -3.31. The van der Waals surface area contributed by atoms with Crippen molar-refractivity contribution in [2.45, 2.75) is 86.3 Å². The second kappa shape index (κ2) is 14.4. The van der Waals surface area contributed by atoms with E-state index in [2.05, 4.69) is 0 Å². The van der Waals surface area contributed by atoms with Crippen molar-refractivity contribution in [3.63, 3.8) is 0 Å². The summed E-state index contributed by atoms with van der Waals surface area (Å²) in [7, 11) is 0. The molecule has 19 nitrogen and oxygen atoms in total. The van der Waals surface area contributed by atoms with E-state index in [1.165, 1.54) is 31.2 Å². The average molecular weight is 727 g/mol. The molecule has 3 fully saturated rings. The second-order valence-electron chi connectivity index (χ2n) is 12.6. The highest BCUT2D eigenvalue weighted by Crippen LogP contribution is 2.39. The third kappa shape index (κ3) is 6.97. The fourth-order valence-electron chi connectivity index (χ4n) is 5.98. The number of hydrogen-bond acceptors (Lipinski definition) is 19. The molecule has 0 saturated carbocycles. The van der Waals surface area contributed by atoms with Crippen molar-refractivity contribution in [3.05, 3.63) is 46.6 Å². The van der Waals surface area contributed by atoms with Gasteiger partial charge in [-0.25, -0.2) is 0 Å². The van der Waals surface area contributed by atoms with Gasteiger partial charge in [-0.2, -0.15) is 0 Å². The van der Waals surface area contributed by atoms with Gasteiger partial charge in [-0.3, -0.25) is 4.79 Å². The number of phenols is 3. The van der Waals surface area contributed by atoms with E-state index < -0.39 is 127 Å². The van der Waals surface area contributed by atoms with Crippen molar-refractivity contribution in [3.8, 4) is 34.3 Å². The molecule has 6 rings (SSSR count). The van der Waals surface area contributed by atoms with E-state index in [0.29, 0.717) is 0 Å². The molecule has 1 aromatic heterocycles. The van der Waals surface area contributed by atoms with E-state index in [1.54, 1.807) is 0 Å². The van der Waals surface area contributed by atoms with Gasteiger partial charge in [0.15, 0.2) is 24.4 Å². The lowest BCUT2D eigenvalue weighted by Crippen LogP contribution is -2.63. The molecule has 2 aromatic carbocycles. The minimum atomic E-state index is -2.17. The SMILES string of the molecule is C[C@@H]1O[C@@H](OC[C@H]2O[C@@H](Oc3c(-c4ccc(O)cc4)oc4cc(O)cc(O)c4c3=O)[C@H](O[C@H]3OC[C@](O)(CO)[C@H]3O)[C@@H](O)[C@H]2O)[C@H](O)[C@H](O)[C@H]1O. The number of aromatic hydroxyl groups is 3. The molecular formula is C32H38O19. The zero-order valence-corrected chi connectivity index (χ0v) is 26.7. The molecule has 280 valence electrons. The molecule has 51 heavy (non-hydrogen) atoms. The minimum Gasteiger partial charge on any atom is -0.508 e. The van der Waals surface area contributed by atoms with Crippen LogP contribution in [0.15, 0.2) is 45.6 Å². The van der Waals surface area contributed by atoms with Crippen LogP contribution >= 0.6 is 0 Å². The van der Waals surface area contributed by atoms with E-state index in [9.17, 15) is 61.0 Å². The summed E-state index contributed by atoms with van der Waals surface area (Å²) in [6, 6.07) is 7.15. The fourth-order valence-corrected chi connectivity index (χ4v) is 5.98. The molecule has 0 bridgehead atoms. The molecule has 4 heterocycles. The lowest BCUT2D eigenvalue weighted by Gasteiger charge is -2.44. The van der Waals surface area contributed by atoms with Crippen LogP contribution in [0.1, 0.15) is 6.92 Å². The number of benzene rings is 2. The molecule has 0 spiro atoms. The van der Waals surface area contributed by atoms with Gasteiger partial charge in [0.05, 0.1) is 25.9 Å². The highest BCUT2D eigenvalue weighted by atomic mass is 16.8. The van der Waals surface area contributed by atoms with Gasteiger partial charge in [0.1, 0.15) is 76.5 Å². The molecule has 13 atom stereocenters. The third-order valence-corrected chi connectivity index (χ3v) is 9.03. The molecule has 0 aliphatic carbocycles. The van der Waals surface area contributed by atoms with Crippen LogP contribution in [0.2, 0.25) is 0 Å². The molecule has 0 radical (unpaired) electrons. The molecule has 3 saturated heterocycles. The van der Waals surface area contributed by atoms with Gasteiger partial charge >= 0.3 is 0 Å². The number of hydrogen-bond donors (Lipinski definition) is 11. The predicted molar refractivity (Wildman–Crippen MR) is 165 cm³/mol. The molecule has 3 aliphatic rings. The Kier molecular flexibility index (Phi) is 10.5. The standard InChI is InChI=1S/C32H38O19/c1-11-19(37)22(40)24(42)29(47-11)45-8-17-20(38)23(41)27(51-31-28(43)32(44,9-33)10-46-31)30(49-17)50-26-21(39)18-15(36)6-14(35)7-16(18)48-25(26)12-2-4-13(34)5-3-12/h2-7,11,17,19-20,22-24,27-31,33-38,40-44H,8-10H2,1H3/t11-,17+,19-,20-,22+,23-,24+,27+,28-,29+,30-,31+,32+/m0/s1. The Bertz CT molecular complexity index is 1750. The van der Waals surface area contributed by atoms with Crippen LogP contribution in [-0.4, -0.2) is 155 Å². The number of rotatable bonds is 9. The van der Waals surface area contributed by atoms with Crippen molar-refractivity contribution < 1.29 is 89.0 Å². The summed E-state index contributed by atoms with van der Waals surface area (Å²) < 4.78 is 39.9. The summed E-state index contributed by atoms with van der Waals surface area (Å²) in [6.45, 7) is -0.787. The highest BCUT2D eigenvalue weighted by Gasteiger charge is 2.54. The normalized spacial score (nSPS) is 37.1. The van der Waals surface area contributed by atoms with E-state index in [0.717, 1.165) is 12.1 Å². The maximum absolute atomic E-state index is 14.0. The summed E-state index contributed by atoms with van der Waals surface area (Å²) in [5.74, 6) is -2.27. The van der Waals surface area contributed by atoms with Crippen molar-refractivity contribution in [2.75, 3.05) is 19.8 Å². The zero-order chi connectivity index (χ0) is 36.9. The monoisotopic (exact) mass is 726 g/mol. The molecule has 0 unspecified atom stereocenters. The third-order valence-electron chi connectivity index (χ3n) is 9.03. The average Bonchev–Trinajstić information content (AvgIpc) is 3.38. The van der Waals surface area contributed by atoms with Gasteiger partial charge in [0.2, 0.25) is 17.5 Å². The molecule has 11 N–H and O–H groups in total. The first-order valence-electron chi connectivity index (χ1n) is 15.7. The van der Waals surface area contributed by atoms with Crippen LogP contribution in [-0.2, 0) is 23.7 Å². The fraction of sp³-hybridized carbons (Fsp3) is 0.531. The summed E-state index contributed by atoms with van der Waals surface area (Å²) in [6.07, 6.45) is -20.2. The van der Waals surface area contributed by atoms with Gasteiger partial charge in [-0.05, 0) is 31.2 Å². The van der Waals surface area contributed by atoms with Crippen molar-refractivity contribution in [1.82, 2.24) is 0 Å². The quantitative estimate of drug-likeness (QED) is 0.105. The molecule has 0 amide bonds. The lowest BCUT2D eigenvalue weighted by molar-refractivity contribution is -0.335. The zero-order valence-electron chi connectivity index (χ0n) is 26.7. The largest absolute Gasteiger partial charge is 0.508 e. The Morgan fingerprint density at radius 2 is 1.55 bits per heavy atom. The van der Waals surface area contributed by atoms with Gasteiger partial charge < -0.3 is 89.0 Å². The van der Waals surface area contributed by atoms with Gasteiger partial charge in [0, 0.05) is 17.7 Å². The highest BCUT2D eigenvalue weighted by molar-refractivity contribution is 5.88. The molecule has 19 heteroatoms. The second-order valence-corrected chi connectivity index (χ2v) is 12.6. The molecular weight excluding hydrogens is 688 g/mol. The van der Waals surface area contributed by atoms with E-state index in [-0.39, 0.29) is 22.7 Å². The van der Waals surface area contributed by atoms with E-state index in [4.69, 9.17) is 32.8 Å². The van der Waals surface area contributed by atoms with E-state index >= 15 is 0 Å². The number of ether oxygens (including phenoxy) is 6. The Morgan fingerprint density at radius 1 is 0.843 bits per heavy atom. The Morgan fingerprint density at radius 3 is 2.22 bits per heavy atom. The van der Waals surface area contributed by atoms with Gasteiger partial charge in [-0.15, -0.1) is 0 Å². The topological polar surface area (TPSA) is 308 Å². The maximum atomic E-state index is 14.0. The van der Waals surface area contributed by atoms with Crippen LogP contribution in [0.5, 0.6) is 23.0 Å². The van der Waals surface area contributed by atoms with Crippen LogP contribution in [0, 0.1) is 0 Å². The van der Waals surface area contributed by atoms with Crippen LogP contribution in [0.25, 0.3) is 22.3 Å². The molecule has 3 aromatic rings. The van der Waals surface area contributed by atoms with Crippen LogP contribution in [0.4, 0.5) is 0 Å². The van der Waals surface area contributed by atoms with Crippen LogP contribution < -0.4 is 10.2 Å². The Hall–Kier alpha value is -3.67. The first-order valence-corrected chi connectivity index (χ1v) is 15.7. The number of aliphatic hydroxyl groups is 8. The van der Waals surface area contributed by atoms with Gasteiger partial charge in [-0.1, -0.05) is 0 Å². The Labute approximate surface area is 287 Å². The summed E-state index contributed by atoms with van der Waals surface area (Å²) >= 11 is 0. The number of aliphatic hydroxyl groups excluding tert-OH is 7. The molecule has 3 aliphatic heterocycles. The lowest BCUT2D eigenvalue weighted by atomic mass is 9.97. The summed E-state index contributed by atoms with van der Waals surface area (Å²) in [4.78, 5) is 14.0. The summed E-state index contributed by atoms with van der Waals surface area (Å²) in [5, 5.41) is 114. The van der Waals surface area contributed by atoms with Crippen LogP contribution in [0.3, 0.4) is 0 Å². The first kappa shape index (κ1) is 37.1. The van der Waals surface area contributed by atoms with Crippen molar-refractivity contribution in [1.29, 1.82) is 0 Å². The van der Waals surface area contributed by atoms with Crippen molar-refractivity contribution >= 4 is 11.0 Å². The van der Waals surface area contributed by atoms with E-state index in [1.807, 2.05) is 0 Å². The Balaban J connectivity index is 1.38. The minimum absolute atomic E-state index is 0.138. The number of fused-ring (bicyclic) bond motifs is 1. The smallest absolute Gasteiger partial charge is 0.239 e. The first-order chi connectivity index (χ1) is 24.1. The predicted octanol–water partition coefficient (Wildman–Crippen LogP) is -2.93. The van der Waals surface area contributed by atoms with Crippen molar-refractivity contribution in [2.24, 2.45) is 0 Å². The maximum Gasteiger partial charge on any atom is 0.239 e. The van der Waals surface area contributed by atoms with Gasteiger partial charge in [0.25, 0.3) is 0 Å². The number of phenolic OH excluding ortho intramolecular Hbond substituents is 3.